The van der Waals surface area contributed by atoms with Crippen LogP contribution in [0.25, 0.3) is 10.8 Å². The highest BCUT2D eigenvalue weighted by Crippen LogP contribution is 2.44. The van der Waals surface area contributed by atoms with Crippen molar-refractivity contribution in [2.75, 3.05) is 24.3 Å². The number of hydrogen-bond acceptors (Lipinski definition) is 8. The summed E-state index contributed by atoms with van der Waals surface area (Å²) >= 11 is -2.63. The molecule has 1 amide bonds. The van der Waals surface area contributed by atoms with Crippen molar-refractivity contribution < 1.29 is 31.6 Å². The number of nitrogens with zero attached hydrogens (tertiary/aromatic N) is 3. The normalized spacial score (nSPS) is 12.8. The van der Waals surface area contributed by atoms with Crippen LogP contribution in [0.15, 0.2) is 62.5 Å². The molecule has 0 aliphatic carbocycles. The van der Waals surface area contributed by atoms with Gasteiger partial charge in [-0.2, -0.15) is 13.5 Å². The largest absolute Gasteiger partial charge is 0.505 e. The molecule has 168 valence electrons. The lowest BCUT2D eigenvalue weighted by molar-refractivity contribution is -0.105. The van der Waals surface area contributed by atoms with E-state index in [9.17, 15) is 31.6 Å². The fraction of sp³-hybridized carbons (Fsp3) is 0.105. The summed E-state index contributed by atoms with van der Waals surface area (Å²) in [7, 11) is -0.937. The van der Waals surface area contributed by atoms with Crippen LogP contribution in [0.5, 0.6) is 5.75 Å². The molecule has 1 atom stereocenters. The summed E-state index contributed by atoms with van der Waals surface area (Å²) in [4.78, 5) is 11.9. The Labute approximate surface area is 185 Å². The van der Waals surface area contributed by atoms with Crippen molar-refractivity contribution in [2.45, 2.75) is 9.79 Å². The Morgan fingerprint density at radius 3 is 2.28 bits per heavy atom. The number of benzene rings is 3. The summed E-state index contributed by atoms with van der Waals surface area (Å²) in [6.45, 7) is 0. The van der Waals surface area contributed by atoms with Crippen LogP contribution in [0.4, 0.5) is 22.7 Å². The third-order valence-corrected chi connectivity index (χ3v) is 5.97. The maximum atomic E-state index is 11.9. The number of phenolic OH excluding ortho intramolecular Hbond substituents is 1. The van der Waals surface area contributed by atoms with Crippen LogP contribution >= 0.6 is 0 Å². The van der Waals surface area contributed by atoms with E-state index in [1.54, 1.807) is 24.3 Å². The fourth-order valence-corrected chi connectivity index (χ4v) is 4.01. The first-order valence-electron chi connectivity index (χ1n) is 8.84. The quantitative estimate of drug-likeness (QED) is 0.173. The Morgan fingerprint density at radius 1 is 1.09 bits per heavy atom. The molecule has 3 rings (SSSR count). The van der Waals surface area contributed by atoms with Gasteiger partial charge in [0.15, 0.2) is 16.8 Å². The lowest BCUT2D eigenvalue weighted by atomic mass is 10.1. The van der Waals surface area contributed by atoms with Crippen LogP contribution in [0.1, 0.15) is 0 Å². The van der Waals surface area contributed by atoms with Crippen LogP contribution in [0.2, 0.25) is 0 Å². The number of rotatable bonds is 7. The van der Waals surface area contributed by atoms with Crippen molar-refractivity contribution in [3.05, 3.63) is 42.5 Å². The van der Waals surface area contributed by atoms with E-state index in [0.29, 0.717) is 5.69 Å². The number of fused-ring (bicyclic) bond motifs is 1. The first kappa shape index (κ1) is 23.3. The van der Waals surface area contributed by atoms with Crippen molar-refractivity contribution in [3.8, 4) is 5.75 Å². The van der Waals surface area contributed by atoms with Crippen LogP contribution < -0.4 is 10.2 Å². The second-order valence-electron chi connectivity index (χ2n) is 6.74. The molecular formula is C19H18N4O7S2. The van der Waals surface area contributed by atoms with Crippen LogP contribution in [-0.4, -0.2) is 47.3 Å². The predicted octanol–water partition coefficient (Wildman–Crippen LogP) is 3.42. The van der Waals surface area contributed by atoms with E-state index >= 15 is 0 Å². The summed E-state index contributed by atoms with van der Waals surface area (Å²) in [5, 5.41) is 20.9. The van der Waals surface area contributed by atoms with Crippen LogP contribution in [-0.2, 0) is 26.0 Å². The van der Waals surface area contributed by atoms with Gasteiger partial charge in [-0.05, 0) is 47.9 Å². The molecule has 3 aromatic carbocycles. The third kappa shape index (κ3) is 4.75. The van der Waals surface area contributed by atoms with E-state index in [4.69, 9.17) is 0 Å². The molecular weight excluding hydrogens is 460 g/mol. The number of nitrogens with one attached hydrogen (secondary N) is 1. The van der Waals surface area contributed by atoms with E-state index in [-0.39, 0.29) is 33.5 Å². The zero-order chi connectivity index (χ0) is 23.6. The third-order valence-electron chi connectivity index (χ3n) is 4.46. The zero-order valence-corrected chi connectivity index (χ0v) is 18.4. The van der Waals surface area contributed by atoms with Gasteiger partial charge < -0.3 is 19.9 Å². The Bertz CT molecular complexity index is 1350. The standard InChI is InChI=1S/C19H18N4O7S2/c1-23(2)13-5-3-12(4-6-13)21-22-18-16(31(26)27)8-11-7-14(32(28,29)30)9-15(20-10-24)17(11)19(18)25/h3-10,25H,1-2H3,(H,20,24)(H,26,27)(H,28,29,30). The minimum Gasteiger partial charge on any atom is -0.505 e. The van der Waals surface area contributed by atoms with Crippen molar-refractivity contribution in [1.82, 2.24) is 0 Å². The molecule has 11 nitrogen and oxygen atoms in total. The van der Waals surface area contributed by atoms with Gasteiger partial charge >= 0.3 is 0 Å². The summed E-state index contributed by atoms with van der Waals surface area (Å²) in [5.41, 5.74) is 0.805. The van der Waals surface area contributed by atoms with Crippen LogP contribution in [0.3, 0.4) is 0 Å². The summed E-state index contributed by atoms with van der Waals surface area (Å²) in [5.74, 6) is -0.611. The Hall–Kier alpha value is -3.39. The summed E-state index contributed by atoms with van der Waals surface area (Å²) < 4.78 is 54.1. The van der Waals surface area contributed by atoms with Gasteiger partial charge in [0.2, 0.25) is 6.41 Å². The number of anilines is 2. The summed E-state index contributed by atoms with van der Waals surface area (Å²) in [6.07, 6.45) is 0.244. The monoisotopic (exact) mass is 478 g/mol. The van der Waals surface area contributed by atoms with Gasteiger partial charge in [0, 0.05) is 25.2 Å². The number of amides is 1. The average molecular weight is 479 g/mol. The number of azo groups is 1. The highest BCUT2D eigenvalue weighted by atomic mass is 32.2. The fourth-order valence-electron chi connectivity index (χ4n) is 2.94. The molecule has 4 N–H and O–H groups in total. The van der Waals surface area contributed by atoms with Crippen LogP contribution in [0, 0.1) is 0 Å². The van der Waals surface area contributed by atoms with Crippen molar-refractivity contribution in [3.63, 3.8) is 0 Å². The van der Waals surface area contributed by atoms with Crippen molar-refractivity contribution >= 4 is 61.1 Å². The highest BCUT2D eigenvalue weighted by Gasteiger charge is 2.22. The number of carbonyl (C=O) groups excluding carboxylic acids is 1. The molecule has 13 heteroatoms. The molecule has 0 saturated carbocycles. The van der Waals surface area contributed by atoms with Gasteiger partial charge in [-0.25, -0.2) is 4.21 Å². The highest BCUT2D eigenvalue weighted by molar-refractivity contribution is 7.85. The second kappa shape index (κ2) is 9.00. The van der Waals surface area contributed by atoms with E-state index < -0.39 is 31.8 Å². The summed E-state index contributed by atoms with van der Waals surface area (Å²) in [6, 6.07) is 9.90. The molecule has 0 spiro atoms. The number of aromatic hydroxyl groups is 1. The minimum atomic E-state index is -4.67. The Kier molecular flexibility index (Phi) is 6.55. The molecule has 3 aromatic rings. The molecule has 32 heavy (non-hydrogen) atoms. The first-order chi connectivity index (χ1) is 15.0. The van der Waals surface area contributed by atoms with E-state index in [2.05, 4.69) is 15.5 Å². The van der Waals surface area contributed by atoms with E-state index in [1.165, 1.54) is 0 Å². The molecule has 1 unspecified atom stereocenters. The second-order valence-corrected chi connectivity index (χ2v) is 9.10. The van der Waals surface area contributed by atoms with Gasteiger partial charge in [-0.15, -0.1) is 5.11 Å². The average Bonchev–Trinajstić information content (AvgIpc) is 2.72. The van der Waals surface area contributed by atoms with Crippen molar-refractivity contribution in [1.29, 1.82) is 0 Å². The lowest BCUT2D eigenvalue weighted by Gasteiger charge is -2.13. The number of phenols is 1. The SMILES string of the molecule is CN(C)c1ccc(N=Nc2c(S(=O)O)cc3cc(S(=O)(=O)O)cc(NC=O)c3c2O)cc1. The first-order valence-corrected chi connectivity index (χ1v) is 11.4. The number of hydrogen-bond donors (Lipinski definition) is 4. The Morgan fingerprint density at radius 2 is 1.75 bits per heavy atom. The molecule has 0 aliphatic rings. The van der Waals surface area contributed by atoms with E-state index in [0.717, 1.165) is 23.9 Å². The molecule has 0 fully saturated rings. The smallest absolute Gasteiger partial charge is 0.294 e. The van der Waals surface area contributed by atoms with Gasteiger partial charge in [0.05, 0.1) is 21.2 Å². The topological polar surface area (TPSA) is 169 Å². The van der Waals surface area contributed by atoms with Gasteiger partial charge in [0.1, 0.15) is 5.69 Å². The van der Waals surface area contributed by atoms with Gasteiger partial charge in [0.25, 0.3) is 10.1 Å². The Balaban J connectivity index is 2.24. The zero-order valence-electron chi connectivity index (χ0n) is 16.8. The number of carbonyl (C=O) groups is 1. The van der Waals surface area contributed by atoms with E-state index in [1.807, 2.05) is 19.0 Å². The van der Waals surface area contributed by atoms with Gasteiger partial charge in [-0.3, -0.25) is 9.35 Å². The molecule has 0 aliphatic heterocycles. The van der Waals surface area contributed by atoms with Gasteiger partial charge in [-0.1, -0.05) is 0 Å². The molecule has 0 aromatic heterocycles. The molecule has 0 heterocycles. The molecule has 0 saturated heterocycles. The molecule has 0 radical (unpaired) electrons. The maximum Gasteiger partial charge on any atom is 0.294 e. The predicted molar refractivity (Wildman–Crippen MR) is 119 cm³/mol. The molecule has 0 bridgehead atoms. The van der Waals surface area contributed by atoms with Crippen molar-refractivity contribution in [2.24, 2.45) is 10.2 Å². The maximum absolute atomic E-state index is 11.9. The lowest BCUT2D eigenvalue weighted by Crippen LogP contribution is -2.07. The minimum absolute atomic E-state index is 0.0336.